The molecule has 1 aliphatic carbocycles. The van der Waals surface area contributed by atoms with Gasteiger partial charge in [0.15, 0.2) is 0 Å². The normalized spacial score (nSPS) is 29.2. The molecule has 2 unspecified atom stereocenters. The second kappa shape index (κ2) is 6.67. The minimum Gasteiger partial charge on any atom is -0.393 e. The molecule has 0 heterocycles. The minimum atomic E-state index is -0.144. The van der Waals surface area contributed by atoms with E-state index in [-0.39, 0.29) is 6.10 Å². The Labute approximate surface area is 95.3 Å². The third kappa shape index (κ3) is 4.18. The molecule has 1 saturated carbocycles. The highest BCUT2D eigenvalue weighted by molar-refractivity contribution is 6.36. The van der Waals surface area contributed by atoms with Gasteiger partial charge in [-0.05, 0) is 18.8 Å². The van der Waals surface area contributed by atoms with Gasteiger partial charge in [0, 0.05) is 23.7 Å². The molecular formula is C10H17Cl2NO. The molecule has 1 fully saturated rings. The Balaban J connectivity index is 2.16. The van der Waals surface area contributed by atoms with Crippen LogP contribution < -0.4 is 5.32 Å². The zero-order valence-electron chi connectivity index (χ0n) is 8.18. The third-order valence-electron chi connectivity index (χ3n) is 2.69. The molecule has 14 heavy (non-hydrogen) atoms. The van der Waals surface area contributed by atoms with Crippen molar-refractivity contribution < 1.29 is 5.11 Å². The smallest absolute Gasteiger partial charge is 0.0580 e. The van der Waals surface area contributed by atoms with Crippen molar-refractivity contribution in [3.63, 3.8) is 0 Å². The van der Waals surface area contributed by atoms with E-state index in [1.165, 1.54) is 12.0 Å². The maximum Gasteiger partial charge on any atom is 0.0580 e. The molecule has 1 rings (SSSR count). The Morgan fingerprint density at radius 1 is 1.43 bits per heavy atom. The summed E-state index contributed by atoms with van der Waals surface area (Å²) in [4.78, 5) is 0. The highest BCUT2D eigenvalue weighted by Gasteiger charge is 2.22. The van der Waals surface area contributed by atoms with Crippen molar-refractivity contribution in [1.29, 1.82) is 0 Å². The van der Waals surface area contributed by atoms with Gasteiger partial charge in [-0.1, -0.05) is 36.0 Å². The van der Waals surface area contributed by atoms with E-state index in [4.69, 9.17) is 23.2 Å². The number of hydrogen-bond acceptors (Lipinski definition) is 2. The molecule has 0 aromatic heterocycles. The maximum absolute atomic E-state index is 9.68. The van der Waals surface area contributed by atoms with Gasteiger partial charge in [-0.25, -0.2) is 0 Å². The van der Waals surface area contributed by atoms with Crippen molar-refractivity contribution in [1.82, 2.24) is 5.32 Å². The summed E-state index contributed by atoms with van der Waals surface area (Å²) in [6, 6.07) is 0. The first-order valence-electron chi connectivity index (χ1n) is 5.07. The Hall–Kier alpha value is 0.240. The van der Waals surface area contributed by atoms with Gasteiger partial charge in [-0.15, -0.1) is 0 Å². The molecule has 0 amide bonds. The van der Waals surface area contributed by atoms with Crippen LogP contribution in [-0.2, 0) is 0 Å². The zero-order chi connectivity index (χ0) is 10.4. The van der Waals surface area contributed by atoms with E-state index in [1.54, 1.807) is 0 Å². The van der Waals surface area contributed by atoms with Crippen LogP contribution in [-0.4, -0.2) is 24.3 Å². The Morgan fingerprint density at radius 3 is 2.79 bits per heavy atom. The quantitative estimate of drug-likeness (QED) is 0.788. The van der Waals surface area contributed by atoms with Gasteiger partial charge in [0.1, 0.15) is 0 Å². The molecule has 0 saturated heterocycles. The number of rotatable bonds is 4. The first-order valence-corrected chi connectivity index (χ1v) is 5.89. The molecule has 0 radical (unpaired) electrons. The first-order chi connectivity index (χ1) is 6.74. The van der Waals surface area contributed by atoms with Gasteiger partial charge < -0.3 is 10.4 Å². The van der Waals surface area contributed by atoms with E-state index in [0.29, 0.717) is 17.5 Å². The lowest BCUT2D eigenvalue weighted by Gasteiger charge is -2.27. The number of hydrogen-bond donors (Lipinski definition) is 2. The van der Waals surface area contributed by atoms with E-state index < -0.39 is 0 Å². The summed E-state index contributed by atoms with van der Waals surface area (Å²) in [5.74, 6) is 0.378. The average Bonchev–Trinajstić information content (AvgIpc) is 2.20. The van der Waals surface area contributed by atoms with Crippen LogP contribution in [0, 0.1) is 5.92 Å². The predicted molar refractivity (Wildman–Crippen MR) is 60.6 cm³/mol. The van der Waals surface area contributed by atoms with Crippen LogP contribution in [0.5, 0.6) is 0 Å². The Morgan fingerprint density at radius 2 is 2.14 bits per heavy atom. The summed E-state index contributed by atoms with van der Waals surface area (Å²) in [5.41, 5.74) is 1.37. The Kier molecular flexibility index (Phi) is 5.87. The van der Waals surface area contributed by atoms with Crippen molar-refractivity contribution in [3.8, 4) is 0 Å². The molecular weight excluding hydrogens is 221 g/mol. The minimum absolute atomic E-state index is 0.144. The summed E-state index contributed by atoms with van der Waals surface area (Å²) in [5, 5.41) is 13.5. The van der Waals surface area contributed by atoms with Crippen LogP contribution >= 0.6 is 23.2 Å². The highest BCUT2D eigenvalue weighted by atomic mass is 35.5. The second-order valence-corrected chi connectivity index (χ2v) is 4.50. The SMILES string of the molecule is OC1CCCCC1CNCC(Cl)=CCl. The van der Waals surface area contributed by atoms with Crippen molar-refractivity contribution >= 4 is 23.2 Å². The number of halogens is 2. The molecule has 2 N–H and O–H groups in total. The van der Waals surface area contributed by atoms with Gasteiger partial charge >= 0.3 is 0 Å². The molecule has 0 bridgehead atoms. The lowest BCUT2D eigenvalue weighted by atomic mass is 9.86. The van der Waals surface area contributed by atoms with Crippen LogP contribution in [0.1, 0.15) is 25.7 Å². The fourth-order valence-corrected chi connectivity index (χ4v) is 2.01. The molecule has 4 heteroatoms. The molecule has 82 valence electrons. The van der Waals surface area contributed by atoms with Crippen molar-refractivity contribution in [3.05, 3.63) is 10.6 Å². The summed E-state index contributed by atoms with van der Waals surface area (Å²) >= 11 is 11.1. The van der Waals surface area contributed by atoms with Gasteiger partial charge in [-0.2, -0.15) is 0 Å². The molecule has 0 aromatic carbocycles. The first kappa shape index (κ1) is 12.3. The van der Waals surface area contributed by atoms with Crippen LogP contribution in [0.2, 0.25) is 0 Å². The fraction of sp³-hybridized carbons (Fsp3) is 0.800. The largest absolute Gasteiger partial charge is 0.393 e. The van der Waals surface area contributed by atoms with Crippen LogP contribution in [0.4, 0.5) is 0 Å². The molecule has 0 spiro atoms. The van der Waals surface area contributed by atoms with Gasteiger partial charge in [0.25, 0.3) is 0 Å². The van der Waals surface area contributed by atoms with E-state index in [1.807, 2.05) is 0 Å². The standard InChI is InChI=1S/C10H17Cl2NO/c11-5-9(12)7-13-6-8-3-1-2-4-10(8)14/h5,8,10,13-14H,1-4,6-7H2. The van der Waals surface area contributed by atoms with E-state index >= 15 is 0 Å². The molecule has 2 atom stereocenters. The average molecular weight is 238 g/mol. The fourth-order valence-electron chi connectivity index (χ4n) is 1.84. The van der Waals surface area contributed by atoms with E-state index in [9.17, 15) is 5.11 Å². The molecule has 1 aliphatic rings. The summed E-state index contributed by atoms with van der Waals surface area (Å²) in [6.07, 6.45) is 4.28. The summed E-state index contributed by atoms with van der Waals surface area (Å²) in [6.45, 7) is 1.41. The predicted octanol–water partition coefficient (Wildman–Crippen LogP) is 2.45. The number of aliphatic hydroxyl groups is 1. The van der Waals surface area contributed by atoms with E-state index in [2.05, 4.69) is 5.32 Å². The van der Waals surface area contributed by atoms with Gasteiger partial charge in [0.05, 0.1) is 6.10 Å². The van der Waals surface area contributed by atoms with Gasteiger partial charge in [-0.3, -0.25) is 0 Å². The molecule has 0 aromatic rings. The van der Waals surface area contributed by atoms with Crippen molar-refractivity contribution in [2.75, 3.05) is 13.1 Å². The van der Waals surface area contributed by atoms with Crippen molar-refractivity contribution in [2.24, 2.45) is 5.92 Å². The van der Waals surface area contributed by atoms with E-state index in [0.717, 1.165) is 25.8 Å². The summed E-state index contributed by atoms with van der Waals surface area (Å²) < 4.78 is 0. The van der Waals surface area contributed by atoms with Crippen LogP contribution in [0.3, 0.4) is 0 Å². The second-order valence-electron chi connectivity index (χ2n) is 3.80. The Bertz CT molecular complexity index is 197. The topological polar surface area (TPSA) is 32.3 Å². The molecule has 0 aliphatic heterocycles. The summed E-state index contributed by atoms with van der Waals surface area (Å²) in [7, 11) is 0. The van der Waals surface area contributed by atoms with Gasteiger partial charge in [0.2, 0.25) is 0 Å². The zero-order valence-corrected chi connectivity index (χ0v) is 9.69. The number of aliphatic hydroxyl groups excluding tert-OH is 1. The van der Waals surface area contributed by atoms with Crippen LogP contribution in [0.15, 0.2) is 10.6 Å². The lowest BCUT2D eigenvalue weighted by Crippen LogP contribution is -2.34. The monoisotopic (exact) mass is 237 g/mol. The lowest BCUT2D eigenvalue weighted by molar-refractivity contribution is 0.0701. The third-order valence-corrected chi connectivity index (χ3v) is 3.31. The van der Waals surface area contributed by atoms with Crippen molar-refractivity contribution in [2.45, 2.75) is 31.8 Å². The highest BCUT2D eigenvalue weighted by Crippen LogP contribution is 2.23. The van der Waals surface area contributed by atoms with Crippen LogP contribution in [0.25, 0.3) is 0 Å². The maximum atomic E-state index is 9.68. The molecule has 2 nitrogen and oxygen atoms in total. The number of nitrogens with one attached hydrogen (secondary N) is 1.